The van der Waals surface area contributed by atoms with E-state index in [4.69, 9.17) is 0 Å². The molecule has 15 heavy (non-hydrogen) atoms. The summed E-state index contributed by atoms with van der Waals surface area (Å²) in [7, 11) is 2.02. The van der Waals surface area contributed by atoms with E-state index in [2.05, 4.69) is 24.3 Å². The summed E-state index contributed by atoms with van der Waals surface area (Å²) in [5, 5.41) is 7.98. The van der Waals surface area contributed by atoms with Crippen LogP contribution in [0.1, 0.15) is 43.5 Å². The summed E-state index contributed by atoms with van der Waals surface area (Å²) in [4.78, 5) is 0. The zero-order valence-electron chi connectivity index (χ0n) is 9.95. The molecule has 0 bridgehead atoms. The van der Waals surface area contributed by atoms with Gasteiger partial charge >= 0.3 is 0 Å². The van der Waals surface area contributed by atoms with Gasteiger partial charge in [0.05, 0.1) is 6.20 Å². The number of nitrogens with zero attached hydrogens (tertiary/aromatic N) is 2. The van der Waals surface area contributed by atoms with Gasteiger partial charge in [0.1, 0.15) is 0 Å². The lowest BCUT2D eigenvalue weighted by atomic mass is 10.0. The van der Waals surface area contributed by atoms with Crippen LogP contribution in [0.3, 0.4) is 0 Å². The van der Waals surface area contributed by atoms with Crippen LogP contribution in [-0.4, -0.2) is 16.3 Å². The molecule has 3 nitrogen and oxygen atoms in total. The third kappa shape index (κ3) is 2.23. The van der Waals surface area contributed by atoms with E-state index in [9.17, 15) is 0 Å². The fraction of sp³-hybridized carbons (Fsp3) is 0.750. The fourth-order valence-electron chi connectivity index (χ4n) is 2.08. The van der Waals surface area contributed by atoms with Gasteiger partial charge in [-0.2, -0.15) is 5.10 Å². The molecule has 0 aromatic carbocycles. The van der Waals surface area contributed by atoms with Gasteiger partial charge in [-0.15, -0.1) is 0 Å². The van der Waals surface area contributed by atoms with Crippen LogP contribution in [0.2, 0.25) is 0 Å². The molecule has 3 heteroatoms. The van der Waals surface area contributed by atoms with Gasteiger partial charge in [-0.1, -0.05) is 6.92 Å². The molecule has 0 spiro atoms. The van der Waals surface area contributed by atoms with E-state index in [0.717, 1.165) is 12.5 Å². The van der Waals surface area contributed by atoms with Crippen LogP contribution in [0.25, 0.3) is 0 Å². The summed E-state index contributed by atoms with van der Waals surface area (Å²) in [5.74, 6) is 0.847. The molecule has 84 valence electrons. The van der Waals surface area contributed by atoms with Crippen LogP contribution in [0, 0.1) is 12.8 Å². The second-order valence-electron chi connectivity index (χ2n) is 4.58. The van der Waals surface area contributed by atoms with Crippen LogP contribution in [-0.2, 0) is 7.05 Å². The number of nitrogens with one attached hydrogen (secondary N) is 1. The lowest BCUT2D eigenvalue weighted by Gasteiger charge is -2.17. The van der Waals surface area contributed by atoms with Crippen molar-refractivity contribution in [1.29, 1.82) is 0 Å². The Kier molecular flexibility index (Phi) is 3.10. The van der Waals surface area contributed by atoms with Gasteiger partial charge in [-0.25, -0.2) is 0 Å². The van der Waals surface area contributed by atoms with Crippen molar-refractivity contribution >= 4 is 0 Å². The Morgan fingerprint density at radius 2 is 2.33 bits per heavy atom. The maximum absolute atomic E-state index is 4.33. The van der Waals surface area contributed by atoms with Crippen molar-refractivity contribution in [3.05, 3.63) is 17.5 Å². The molecule has 1 unspecified atom stereocenters. The maximum Gasteiger partial charge on any atom is 0.0540 e. The molecular formula is C12H21N3. The SMILES string of the molecule is CCCNC(c1cnn(C)c1C)C1CC1. The Bertz CT molecular complexity index is 326. The largest absolute Gasteiger partial charge is 0.310 e. The number of hydrogen-bond acceptors (Lipinski definition) is 2. The van der Waals surface area contributed by atoms with Crippen molar-refractivity contribution in [3.8, 4) is 0 Å². The quantitative estimate of drug-likeness (QED) is 0.802. The average molecular weight is 207 g/mol. The molecule has 1 aliphatic rings. The van der Waals surface area contributed by atoms with Gasteiger partial charge in [0.2, 0.25) is 0 Å². The summed E-state index contributed by atoms with van der Waals surface area (Å²) < 4.78 is 1.97. The first-order valence-corrected chi connectivity index (χ1v) is 5.96. The van der Waals surface area contributed by atoms with E-state index in [-0.39, 0.29) is 0 Å². The first-order valence-electron chi connectivity index (χ1n) is 5.96. The van der Waals surface area contributed by atoms with E-state index in [0.29, 0.717) is 6.04 Å². The van der Waals surface area contributed by atoms with Gasteiger partial charge in [-0.05, 0) is 38.6 Å². The Hall–Kier alpha value is -0.830. The highest BCUT2D eigenvalue weighted by atomic mass is 15.3. The van der Waals surface area contributed by atoms with Crippen LogP contribution in [0.15, 0.2) is 6.20 Å². The van der Waals surface area contributed by atoms with E-state index in [1.54, 1.807) is 0 Å². The minimum atomic E-state index is 0.540. The lowest BCUT2D eigenvalue weighted by Crippen LogP contribution is -2.24. The number of hydrogen-bond donors (Lipinski definition) is 1. The number of rotatable bonds is 5. The molecule has 2 rings (SSSR count). The van der Waals surface area contributed by atoms with Crippen molar-refractivity contribution in [2.45, 2.75) is 39.2 Å². The van der Waals surface area contributed by atoms with Crippen molar-refractivity contribution in [3.63, 3.8) is 0 Å². The fourth-order valence-corrected chi connectivity index (χ4v) is 2.08. The van der Waals surface area contributed by atoms with Crippen molar-refractivity contribution in [1.82, 2.24) is 15.1 Å². The lowest BCUT2D eigenvalue weighted by molar-refractivity contribution is 0.478. The van der Waals surface area contributed by atoms with Crippen LogP contribution < -0.4 is 5.32 Å². The summed E-state index contributed by atoms with van der Waals surface area (Å²) in [6.07, 6.45) is 5.97. The van der Waals surface area contributed by atoms with E-state index < -0.39 is 0 Å². The maximum atomic E-state index is 4.33. The molecule has 1 heterocycles. The Morgan fingerprint density at radius 3 is 2.80 bits per heavy atom. The second kappa shape index (κ2) is 4.35. The van der Waals surface area contributed by atoms with E-state index in [1.807, 2.05) is 17.9 Å². The molecule has 0 aliphatic heterocycles. The third-order valence-electron chi connectivity index (χ3n) is 3.32. The Morgan fingerprint density at radius 1 is 1.60 bits per heavy atom. The zero-order chi connectivity index (χ0) is 10.8. The highest BCUT2D eigenvalue weighted by Crippen LogP contribution is 2.41. The summed E-state index contributed by atoms with van der Waals surface area (Å²) in [5.41, 5.74) is 2.70. The highest BCUT2D eigenvalue weighted by Gasteiger charge is 2.33. The normalized spacial score (nSPS) is 18.1. The third-order valence-corrected chi connectivity index (χ3v) is 3.32. The minimum Gasteiger partial charge on any atom is -0.310 e. The van der Waals surface area contributed by atoms with Crippen molar-refractivity contribution < 1.29 is 0 Å². The van der Waals surface area contributed by atoms with Gasteiger partial charge < -0.3 is 5.32 Å². The van der Waals surface area contributed by atoms with E-state index >= 15 is 0 Å². The second-order valence-corrected chi connectivity index (χ2v) is 4.58. The molecule has 0 saturated heterocycles. The predicted octanol–water partition coefficient (Wildman–Crippen LogP) is 2.18. The molecule has 1 atom stereocenters. The summed E-state index contributed by atoms with van der Waals surface area (Å²) in [6, 6.07) is 0.540. The zero-order valence-corrected chi connectivity index (χ0v) is 9.95. The number of aryl methyl sites for hydroxylation is 1. The molecule has 1 saturated carbocycles. The highest BCUT2D eigenvalue weighted by molar-refractivity contribution is 5.22. The molecule has 1 aromatic rings. The molecule has 0 radical (unpaired) electrons. The minimum absolute atomic E-state index is 0.540. The van der Waals surface area contributed by atoms with Crippen LogP contribution >= 0.6 is 0 Å². The van der Waals surface area contributed by atoms with Crippen molar-refractivity contribution in [2.75, 3.05) is 6.54 Å². The first-order chi connectivity index (χ1) is 7.24. The van der Waals surface area contributed by atoms with Gasteiger partial charge in [-0.3, -0.25) is 4.68 Å². The molecule has 1 fully saturated rings. The molecule has 1 N–H and O–H groups in total. The topological polar surface area (TPSA) is 29.9 Å². The monoisotopic (exact) mass is 207 g/mol. The van der Waals surface area contributed by atoms with Gasteiger partial charge in [0.15, 0.2) is 0 Å². The smallest absolute Gasteiger partial charge is 0.0540 e. The summed E-state index contributed by atoms with van der Waals surface area (Å²) >= 11 is 0. The van der Waals surface area contributed by atoms with Crippen LogP contribution in [0.5, 0.6) is 0 Å². The first kappa shape index (κ1) is 10.7. The van der Waals surface area contributed by atoms with Gasteiger partial charge in [0, 0.05) is 24.3 Å². The average Bonchev–Trinajstić information content (AvgIpc) is 3.00. The van der Waals surface area contributed by atoms with E-state index in [1.165, 1.54) is 30.5 Å². The molecule has 1 aromatic heterocycles. The van der Waals surface area contributed by atoms with Crippen molar-refractivity contribution in [2.24, 2.45) is 13.0 Å². The summed E-state index contributed by atoms with van der Waals surface area (Å²) in [6.45, 7) is 5.48. The Balaban J connectivity index is 2.12. The molecule has 0 amide bonds. The van der Waals surface area contributed by atoms with Crippen LogP contribution in [0.4, 0.5) is 0 Å². The molecular weight excluding hydrogens is 186 g/mol. The molecule has 1 aliphatic carbocycles. The Labute approximate surface area is 91.9 Å². The standard InChI is InChI=1S/C12H21N3/c1-4-7-13-12(10-5-6-10)11-8-14-15(3)9(11)2/h8,10,12-13H,4-7H2,1-3H3. The predicted molar refractivity (Wildman–Crippen MR) is 61.7 cm³/mol. The number of aromatic nitrogens is 2. The van der Waals surface area contributed by atoms with Gasteiger partial charge in [0.25, 0.3) is 0 Å².